The number of anilines is 2. The Morgan fingerprint density at radius 2 is 1.81 bits per heavy atom. The van der Waals surface area contributed by atoms with Crippen LogP contribution in [0.15, 0.2) is 54.6 Å². The van der Waals surface area contributed by atoms with Gasteiger partial charge in [0.2, 0.25) is 5.91 Å². The number of hydrogen-bond donors (Lipinski definition) is 1. The molecule has 5 heteroatoms. The highest BCUT2D eigenvalue weighted by Crippen LogP contribution is 2.25. The second-order valence-electron chi connectivity index (χ2n) is 4.81. The van der Waals surface area contributed by atoms with Gasteiger partial charge in [-0.25, -0.2) is 4.90 Å². The maximum Gasteiger partial charge on any atom is 0.256 e. The molecule has 0 saturated carbocycles. The molecule has 3 rings (SSSR count). The van der Waals surface area contributed by atoms with Gasteiger partial charge in [0.1, 0.15) is 6.04 Å². The zero-order valence-corrected chi connectivity index (χ0v) is 13.3. The predicted octanol–water partition coefficient (Wildman–Crippen LogP) is 3.04. The second-order valence-corrected chi connectivity index (χ2v) is 6.06. The Morgan fingerprint density at radius 3 is 2.52 bits per heavy atom. The summed E-state index contributed by atoms with van der Waals surface area (Å²) < 4.78 is 1.08. The summed E-state index contributed by atoms with van der Waals surface area (Å²) in [5.41, 5.74) is 1.47. The van der Waals surface area contributed by atoms with Crippen molar-refractivity contribution in [3.05, 3.63) is 58.2 Å². The Morgan fingerprint density at radius 1 is 1.05 bits per heavy atom. The molecule has 0 bridgehead atoms. The Balaban J connectivity index is 1.81. The summed E-state index contributed by atoms with van der Waals surface area (Å²) in [7, 11) is 0. The highest BCUT2D eigenvalue weighted by atomic mass is 127. The van der Waals surface area contributed by atoms with E-state index in [2.05, 4.69) is 27.9 Å². The van der Waals surface area contributed by atoms with Gasteiger partial charge in [-0.15, -0.1) is 0 Å². The van der Waals surface area contributed by atoms with Crippen LogP contribution in [0.1, 0.15) is 6.42 Å². The Kier molecular flexibility index (Phi) is 3.92. The van der Waals surface area contributed by atoms with Crippen molar-refractivity contribution in [2.45, 2.75) is 12.5 Å². The van der Waals surface area contributed by atoms with Gasteiger partial charge >= 0.3 is 0 Å². The Bertz CT molecular complexity index is 688. The lowest BCUT2D eigenvalue weighted by molar-refractivity contribution is -0.121. The van der Waals surface area contributed by atoms with E-state index >= 15 is 0 Å². The monoisotopic (exact) mass is 392 g/mol. The van der Waals surface area contributed by atoms with Gasteiger partial charge in [0, 0.05) is 9.26 Å². The summed E-state index contributed by atoms with van der Waals surface area (Å²) >= 11 is 2.21. The highest BCUT2D eigenvalue weighted by molar-refractivity contribution is 14.1. The van der Waals surface area contributed by atoms with Gasteiger partial charge in [-0.3, -0.25) is 9.59 Å². The van der Waals surface area contributed by atoms with E-state index in [4.69, 9.17) is 0 Å². The molecule has 1 unspecified atom stereocenters. The Hall–Kier alpha value is -1.89. The molecule has 2 aromatic carbocycles. The van der Waals surface area contributed by atoms with Crippen LogP contribution in [0, 0.1) is 3.57 Å². The molecule has 0 aliphatic carbocycles. The van der Waals surface area contributed by atoms with Gasteiger partial charge in [-0.05, 0) is 52.9 Å². The van der Waals surface area contributed by atoms with E-state index in [1.807, 2.05) is 42.5 Å². The number of para-hydroxylation sites is 1. The first kappa shape index (κ1) is 14.1. The largest absolute Gasteiger partial charge is 0.373 e. The van der Waals surface area contributed by atoms with Gasteiger partial charge in [0.05, 0.1) is 12.1 Å². The normalized spacial score (nSPS) is 18.1. The third-order valence-electron chi connectivity index (χ3n) is 3.33. The van der Waals surface area contributed by atoms with Crippen LogP contribution in [-0.4, -0.2) is 17.9 Å². The number of amides is 2. The van der Waals surface area contributed by atoms with Crippen molar-refractivity contribution in [2.75, 3.05) is 10.2 Å². The standard InChI is InChI=1S/C16H13IN2O2/c17-11-5-4-6-12(9-11)18-14-10-15(20)19(16(14)21)13-7-2-1-3-8-13/h1-9,14,18H,10H2. The number of rotatable bonds is 3. The maximum absolute atomic E-state index is 12.4. The average Bonchev–Trinajstić information content (AvgIpc) is 2.74. The first-order chi connectivity index (χ1) is 10.1. The molecule has 1 aliphatic rings. The summed E-state index contributed by atoms with van der Waals surface area (Å²) in [6, 6.07) is 16.3. The zero-order chi connectivity index (χ0) is 14.8. The van der Waals surface area contributed by atoms with Crippen molar-refractivity contribution < 1.29 is 9.59 Å². The SMILES string of the molecule is O=C1CC(Nc2cccc(I)c2)C(=O)N1c1ccccc1. The number of benzene rings is 2. The molecular weight excluding hydrogens is 379 g/mol. The smallest absolute Gasteiger partial charge is 0.256 e. The molecule has 1 fully saturated rings. The van der Waals surface area contributed by atoms with E-state index in [9.17, 15) is 9.59 Å². The molecule has 0 radical (unpaired) electrons. The predicted molar refractivity (Wildman–Crippen MR) is 90.1 cm³/mol. The highest BCUT2D eigenvalue weighted by Gasteiger charge is 2.39. The van der Waals surface area contributed by atoms with E-state index in [1.54, 1.807) is 12.1 Å². The topological polar surface area (TPSA) is 49.4 Å². The van der Waals surface area contributed by atoms with Crippen molar-refractivity contribution in [3.8, 4) is 0 Å². The van der Waals surface area contributed by atoms with Crippen LogP contribution in [0.3, 0.4) is 0 Å². The number of nitrogens with one attached hydrogen (secondary N) is 1. The van der Waals surface area contributed by atoms with Crippen molar-refractivity contribution in [1.82, 2.24) is 0 Å². The van der Waals surface area contributed by atoms with Crippen LogP contribution in [0.2, 0.25) is 0 Å². The van der Waals surface area contributed by atoms with Gasteiger partial charge in [0.25, 0.3) is 5.91 Å². The molecule has 1 aliphatic heterocycles. The summed E-state index contributed by atoms with van der Waals surface area (Å²) in [5, 5.41) is 3.14. The van der Waals surface area contributed by atoms with Crippen LogP contribution in [-0.2, 0) is 9.59 Å². The fraction of sp³-hybridized carbons (Fsp3) is 0.125. The molecule has 1 N–H and O–H groups in total. The third kappa shape index (κ3) is 2.92. The zero-order valence-electron chi connectivity index (χ0n) is 11.1. The lowest BCUT2D eigenvalue weighted by Gasteiger charge is -2.16. The van der Waals surface area contributed by atoms with E-state index in [1.165, 1.54) is 4.90 Å². The van der Waals surface area contributed by atoms with Crippen molar-refractivity contribution in [3.63, 3.8) is 0 Å². The van der Waals surface area contributed by atoms with Crippen LogP contribution >= 0.6 is 22.6 Å². The molecule has 0 aromatic heterocycles. The molecular formula is C16H13IN2O2. The van der Waals surface area contributed by atoms with Crippen LogP contribution in [0.4, 0.5) is 11.4 Å². The molecule has 21 heavy (non-hydrogen) atoms. The van der Waals surface area contributed by atoms with Gasteiger partial charge in [-0.1, -0.05) is 24.3 Å². The van der Waals surface area contributed by atoms with Crippen LogP contribution in [0.25, 0.3) is 0 Å². The molecule has 4 nitrogen and oxygen atoms in total. The number of halogens is 1. The molecule has 1 saturated heterocycles. The maximum atomic E-state index is 12.4. The summed E-state index contributed by atoms with van der Waals surface area (Å²) in [4.78, 5) is 25.8. The van der Waals surface area contributed by atoms with Crippen molar-refractivity contribution >= 4 is 45.8 Å². The minimum absolute atomic E-state index is 0.172. The number of carbonyl (C=O) groups excluding carboxylic acids is 2. The van der Waals surface area contributed by atoms with Crippen molar-refractivity contribution in [1.29, 1.82) is 0 Å². The Labute approximate surface area is 136 Å². The molecule has 2 amide bonds. The minimum Gasteiger partial charge on any atom is -0.373 e. The van der Waals surface area contributed by atoms with E-state index in [-0.39, 0.29) is 18.2 Å². The van der Waals surface area contributed by atoms with Gasteiger partial charge < -0.3 is 5.32 Å². The van der Waals surface area contributed by atoms with E-state index in [0.29, 0.717) is 5.69 Å². The molecule has 106 valence electrons. The number of carbonyl (C=O) groups is 2. The lowest BCUT2D eigenvalue weighted by Crippen LogP contribution is -2.34. The van der Waals surface area contributed by atoms with E-state index < -0.39 is 6.04 Å². The lowest BCUT2D eigenvalue weighted by atomic mass is 10.2. The first-order valence-corrected chi connectivity index (χ1v) is 7.67. The average molecular weight is 392 g/mol. The second kappa shape index (κ2) is 5.85. The number of hydrogen-bond acceptors (Lipinski definition) is 3. The minimum atomic E-state index is -0.504. The fourth-order valence-electron chi connectivity index (χ4n) is 2.37. The van der Waals surface area contributed by atoms with Crippen LogP contribution in [0.5, 0.6) is 0 Å². The fourth-order valence-corrected chi connectivity index (χ4v) is 2.92. The van der Waals surface area contributed by atoms with Crippen molar-refractivity contribution in [2.24, 2.45) is 0 Å². The van der Waals surface area contributed by atoms with Gasteiger partial charge in [0.15, 0.2) is 0 Å². The summed E-state index contributed by atoms with van der Waals surface area (Å²) in [6.07, 6.45) is 0.180. The molecule has 2 aromatic rings. The number of imide groups is 1. The number of nitrogens with zero attached hydrogens (tertiary/aromatic N) is 1. The third-order valence-corrected chi connectivity index (χ3v) is 4.00. The quantitative estimate of drug-likeness (QED) is 0.646. The first-order valence-electron chi connectivity index (χ1n) is 6.59. The summed E-state index contributed by atoms with van der Waals surface area (Å²) in [6.45, 7) is 0. The molecule has 0 spiro atoms. The van der Waals surface area contributed by atoms with E-state index in [0.717, 1.165) is 9.26 Å². The summed E-state index contributed by atoms with van der Waals surface area (Å²) in [5.74, 6) is -0.376. The molecule has 1 heterocycles. The molecule has 1 atom stereocenters. The van der Waals surface area contributed by atoms with Gasteiger partial charge in [-0.2, -0.15) is 0 Å². The van der Waals surface area contributed by atoms with Crippen LogP contribution < -0.4 is 10.2 Å².